The Bertz CT molecular complexity index is 420. The number of rotatable bonds is 7. The lowest BCUT2D eigenvalue weighted by molar-refractivity contribution is -0.0498. The lowest BCUT2D eigenvalue weighted by atomic mass is 10.0. The van der Waals surface area contributed by atoms with E-state index in [1.807, 2.05) is 26.0 Å². The highest BCUT2D eigenvalue weighted by Gasteiger charge is 2.10. The Morgan fingerprint density at radius 3 is 2.47 bits per heavy atom. The predicted molar refractivity (Wildman–Crippen MR) is 72.2 cm³/mol. The van der Waals surface area contributed by atoms with Gasteiger partial charge in [-0.25, -0.2) is 0 Å². The first kappa shape index (κ1) is 15.5. The van der Waals surface area contributed by atoms with Gasteiger partial charge in [0.25, 0.3) is 0 Å². The van der Waals surface area contributed by atoms with E-state index >= 15 is 0 Å². The number of hydrogen-bond acceptors (Lipinski definition) is 2. The standard InChI is InChI=1S/C15H19F2NO/c1-3-5-6-7-14(18-4-2)12-8-10-13(11-9-12)19-15(16)17/h8-11,14-15,18H,4,6-7H2,1-2H3. The summed E-state index contributed by atoms with van der Waals surface area (Å²) < 4.78 is 28.4. The predicted octanol–water partition coefficient (Wildman–Crippen LogP) is 3.74. The van der Waals surface area contributed by atoms with E-state index in [0.717, 1.165) is 24.9 Å². The Morgan fingerprint density at radius 2 is 1.95 bits per heavy atom. The van der Waals surface area contributed by atoms with Crippen LogP contribution in [0, 0.1) is 11.8 Å². The van der Waals surface area contributed by atoms with Gasteiger partial charge >= 0.3 is 6.61 Å². The molecule has 0 aliphatic heterocycles. The number of hydrogen-bond donors (Lipinski definition) is 1. The summed E-state index contributed by atoms with van der Waals surface area (Å²) >= 11 is 0. The van der Waals surface area contributed by atoms with E-state index in [0.29, 0.717) is 0 Å². The van der Waals surface area contributed by atoms with Gasteiger partial charge in [0.05, 0.1) is 0 Å². The third-order valence-electron chi connectivity index (χ3n) is 2.69. The minimum absolute atomic E-state index is 0.183. The van der Waals surface area contributed by atoms with Crippen molar-refractivity contribution in [1.82, 2.24) is 5.32 Å². The molecule has 0 spiro atoms. The Balaban J connectivity index is 2.69. The van der Waals surface area contributed by atoms with Gasteiger partial charge in [0.15, 0.2) is 0 Å². The van der Waals surface area contributed by atoms with Gasteiger partial charge in [-0.3, -0.25) is 0 Å². The minimum atomic E-state index is -2.78. The summed E-state index contributed by atoms with van der Waals surface area (Å²) in [6.07, 6.45) is 1.70. The van der Waals surface area contributed by atoms with Gasteiger partial charge in [-0.2, -0.15) is 8.78 Å². The Labute approximate surface area is 113 Å². The molecule has 0 fully saturated rings. The highest BCUT2D eigenvalue weighted by Crippen LogP contribution is 2.22. The van der Waals surface area contributed by atoms with E-state index in [1.54, 1.807) is 12.1 Å². The van der Waals surface area contributed by atoms with Crippen LogP contribution in [0.3, 0.4) is 0 Å². The average molecular weight is 267 g/mol. The molecule has 1 rings (SSSR count). The van der Waals surface area contributed by atoms with Crippen LogP contribution in [0.4, 0.5) is 8.78 Å². The van der Waals surface area contributed by atoms with E-state index < -0.39 is 6.61 Å². The van der Waals surface area contributed by atoms with Crippen LogP contribution in [0.15, 0.2) is 24.3 Å². The second-order valence-corrected chi connectivity index (χ2v) is 4.02. The van der Waals surface area contributed by atoms with Gasteiger partial charge < -0.3 is 10.1 Å². The van der Waals surface area contributed by atoms with E-state index in [2.05, 4.69) is 21.9 Å². The van der Waals surface area contributed by atoms with Crippen molar-refractivity contribution in [2.24, 2.45) is 0 Å². The van der Waals surface area contributed by atoms with E-state index in [9.17, 15) is 8.78 Å². The SMILES string of the molecule is CC#CCCC(NCC)c1ccc(OC(F)F)cc1. The van der Waals surface area contributed by atoms with Crippen molar-refractivity contribution in [2.45, 2.75) is 39.3 Å². The lowest BCUT2D eigenvalue weighted by Gasteiger charge is -2.17. The maximum absolute atomic E-state index is 12.1. The van der Waals surface area contributed by atoms with E-state index in [4.69, 9.17) is 0 Å². The van der Waals surface area contributed by atoms with Crippen LogP contribution in [-0.2, 0) is 0 Å². The molecule has 0 amide bonds. The maximum atomic E-state index is 12.1. The normalized spacial score (nSPS) is 11.8. The van der Waals surface area contributed by atoms with Crippen LogP contribution < -0.4 is 10.1 Å². The average Bonchev–Trinajstić information content (AvgIpc) is 2.38. The molecule has 0 bridgehead atoms. The number of halogens is 2. The largest absolute Gasteiger partial charge is 0.435 e. The number of benzene rings is 1. The molecule has 0 aliphatic rings. The summed E-state index contributed by atoms with van der Waals surface area (Å²) in [6.45, 7) is 1.92. The van der Waals surface area contributed by atoms with Crippen molar-refractivity contribution in [3.05, 3.63) is 29.8 Å². The van der Waals surface area contributed by atoms with Crippen LogP contribution in [-0.4, -0.2) is 13.2 Å². The van der Waals surface area contributed by atoms with E-state index in [-0.39, 0.29) is 11.8 Å². The third-order valence-corrected chi connectivity index (χ3v) is 2.69. The fourth-order valence-electron chi connectivity index (χ4n) is 1.86. The topological polar surface area (TPSA) is 21.3 Å². The first-order valence-corrected chi connectivity index (χ1v) is 6.35. The molecular weight excluding hydrogens is 248 g/mol. The highest BCUT2D eigenvalue weighted by molar-refractivity contribution is 5.29. The minimum Gasteiger partial charge on any atom is -0.435 e. The maximum Gasteiger partial charge on any atom is 0.387 e. The molecule has 0 saturated carbocycles. The number of ether oxygens (including phenoxy) is 1. The fourth-order valence-corrected chi connectivity index (χ4v) is 1.86. The molecule has 1 aromatic carbocycles. The van der Waals surface area contributed by atoms with Crippen LogP contribution >= 0.6 is 0 Å². The molecule has 19 heavy (non-hydrogen) atoms. The van der Waals surface area contributed by atoms with Crippen molar-refractivity contribution in [3.8, 4) is 17.6 Å². The fraction of sp³-hybridized carbons (Fsp3) is 0.467. The molecular formula is C15H19F2NO. The Hall–Kier alpha value is -1.60. The summed E-state index contributed by atoms with van der Waals surface area (Å²) in [5.74, 6) is 6.08. The monoisotopic (exact) mass is 267 g/mol. The molecule has 0 heterocycles. The zero-order valence-electron chi connectivity index (χ0n) is 11.2. The second kappa shape index (κ2) is 8.49. The lowest BCUT2D eigenvalue weighted by Crippen LogP contribution is -2.20. The van der Waals surface area contributed by atoms with Gasteiger partial charge in [0.1, 0.15) is 5.75 Å². The molecule has 0 saturated heterocycles. The summed E-state index contributed by atoms with van der Waals surface area (Å²) in [6, 6.07) is 6.94. The van der Waals surface area contributed by atoms with Crippen molar-refractivity contribution < 1.29 is 13.5 Å². The summed E-state index contributed by atoms with van der Waals surface area (Å²) in [4.78, 5) is 0. The number of nitrogens with one attached hydrogen (secondary N) is 1. The first-order chi connectivity index (χ1) is 9.17. The van der Waals surface area contributed by atoms with E-state index in [1.165, 1.54) is 0 Å². The Kier molecular flexibility index (Phi) is 6.91. The molecule has 0 aliphatic carbocycles. The van der Waals surface area contributed by atoms with Crippen molar-refractivity contribution in [3.63, 3.8) is 0 Å². The summed E-state index contributed by atoms with van der Waals surface area (Å²) in [7, 11) is 0. The zero-order chi connectivity index (χ0) is 14.1. The van der Waals surface area contributed by atoms with Crippen molar-refractivity contribution in [1.29, 1.82) is 0 Å². The van der Waals surface area contributed by atoms with Gasteiger partial charge in [-0.15, -0.1) is 11.8 Å². The quantitative estimate of drug-likeness (QED) is 0.760. The van der Waals surface area contributed by atoms with Gasteiger partial charge in [0, 0.05) is 12.5 Å². The summed E-state index contributed by atoms with van der Waals surface area (Å²) in [5.41, 5.74) is 1.06. The molecule has 1 unspecified atom stereocenters. The molecule has 0 radical (unpaired) electrons. The molecule has 104 valence electrons. The van der Waals surface area contributed by atoms with Crippen LogP contribution in [0.5, 0.6) is 5.75 Å². The molecule has 1 N–H and O–H groups in total. The van der Waals surface area contributed by atoms with Crippen molar-refractivity contribution in [2.75, 3.05) is 6.54 Å². The third kappa shape index (κ3) is 5.71. The Morgan fingerprint density at radius 1 is 1.26 bits per heavy atom. The summed E-state index contributed by atoms with van der Waals surface area (Å²) in [5, 5.41) is 3.36. The van der Waals surface area contributed by atoms with Crippen LogP contribution in [0.25, 0.3) is 0 Å². The van der Waals surface area contributed by atoms with Gasteiger partial charge in [-0.05, 0) is 37.6 Å². The van der Waals surface area contributed by atoms with Crippen LogP contribution in [0.2, 0.25) is 0 Å². The molecule has 0 aromatic heterocycles. The van der Waals surface area contributed by atoms with Crippen molar-refractivity contribution >= 4 is 0 Å². The second-order valence-electron chi connectivity index (χ2n) is 4.02. The molecule has 4 heteroatoms. The molecule has 1 atom stereocenters. The van der Waals surface area contributed by atoms with Gasteiger partial charge in [0.2, 0.25) is 0 Å². The number of alkyl halides is 2. The smallest absolute Gasteiger partial charge is 0.387 e. The van der Waals surface area contributed by atoms with Crippen LogP contribution in [0.1, 0.15) is 38.3 Å². The molecule has 1 aromatic rings. The van der Waals surface area contributed by atoms with Gasteiger partial charge in [-0.1, -0.05) is 19.1 Å². The molecule has 2 nitrogen and oxygen atoms in total. The highest BCUT2D eigenvalue weighted by atomic mass is 19.3. The zero-order valence-corrected chi connectivity index (χ0v) is 11.2. The first-order valence-electron chi connectivity index (χ1n) is 6.35.